The first kappa shape index (κ1) is 10.7. The van der Waals surface area contributed by atoms with E-state index in [2.05, 4.69) is 25.1 Å². The molecule has 0 radical (unpaired) electrons. The topological polar surface area (TPSA) is 3.24 Å². The molecule has 0 bridgehead atoms. The van der Waals surface area contributed by atoms with Crippen LogP contribution in [0, 0.1) is 5.41 Å². The van der Waals surface area contributed by atoms with Crippen LogP contribution in [0.15, 0.2) is 36.5 Å². The fraction of sp³-hybridized carbons (Fsp3) is 0.571. The Balaban J connectivity index is 2.10. The van der Waals surface area contributed by atoms with Gasteiger partial charge in [0.2, 0.25) is 0 Å². The molecule has 0 aromatic carbocycles. The van der Waals surface area contributed by atoms with Crippen molar-refractivity contribution >= 4 is 0 Å². The largest absolute Gasteiger partial charge is 0.306 e. The lowest BCUT2D eigenvalue weighted by Crippen LogP contribution is -2.36. The molecular weight excluding hydrogens is 182 g/mol. The van der Waals surface area contributed by atoms with E-state index in [1.807, 2.05) is 12.2 Å². The monoisotopic (exact) mass is 203 g/mol. The zero-order chi connectivity index (χ0) is 10.9. The molecule has 0 aromatic heterocycles. The number of nitrogens with zero attached hydrogens (tertiary/aromatic N) is 1. The Kier molecular flexibility index (Phi) is 2.83. The molecule has 15 heavy (non-hydrogen) atoms. The van der Waals surface area contributed by atoms with Crippen LogP contribution >= 0.6 is 0 Å². The predicted molar refractivity (Wildman–Crippen MR) is 65.8 cm³/mol. The molecule has 0 N–H and O–H groups in total. The van der Waals surface area contributed by atoms with Crippen LogP contribution < -0.4 is 0 Å². The average Bonchev–Trinajstić information content (AvgIpc) is 2.62. The fourth-order valence-corrected chi connectivity index (χ4v) is 2.95. The minimum atomic E-state index is 0.541. The lowest BCUT2D eigenvalue weighted by atomic mass is 9.75. The van der Waals surface area contributed by atoms with Crippen LogP contribution in [0.5, 0.6) is 0 Å². The van der Waals surface area contributed by atoms with Gasteiger partial charge in [-0.15, -0.1) is 0 Å². The Morgan fingerprint density at radius 1 is 1.07 bits per heavy atom. The summed E-state index contributed by atoms with van der Waals surface area (Å²) in [6.45, 7) is 10.3. The Hall–Kier alpha value is -0.820. The summed E-state index contributed by atoms with van der Waals surface area (Å²) in [5.74, 6) is 0. The second-order valence-corrected chi connectivity index (χ2v) is 5.12. The van der Waals surface area contributed by atoms with E-state index >= 15 is 0 Å². The lowest BCUT2D eigenvalue weighted by molar-refractivity contribution is 0.132. The lowest BCUT2D eigenvalue weighted by Gasteiger charge is -2.38. The highest BCUT2D eigenvalue weighted by atomic mass is 15.1. The molecule has 2 aliphatic rings. The van der Waals surface area contributed by atoms with Crippen LogP contribution in [0.2, 0.25) is 0 Å². The molecule has 1 heteroatoms. The highest BCUT2D eigenvalue weighted by Crippen LogP contribution is 2.49. The maximum atomic E-state index is 3.92. The minimum Gasteiger partial charge on any atom is -0.306 e. The van der Waals surface area contributed by atoms with Crippen LogP contribution in [0.4, 0.5) is 0 Å². The predicted octanol–water partition coefficient (Wildman–Crippen LogP) is 3.16. The van der Waals surface area contributed by atoms with Gasteiger partial charge in [-0.25, -0.2) is 0 Å². The number of rotatable bonds is 2. The summed E-state index contributed by atoms with van der Waals surface area (Å²) in [5.41, 5.74) is 3.42. The third kappa shape index (κ3) is 1.93. The van der Waals surface area contributed by atoms with E-state index in [4.69, 9.17) is 0 Å². The van der Waals surface area contributed by atoms with Gasteiger partial charge in [0.25, 0.3) is 0 Å². The summed E-state index contributed by atoms with van der Waals surface area (Å²) in [5, 5.41) is 0. The summed E-state index contributed by atoms with van der Waals surface area (Å²) < 4.78 is 0. The summed E-state index contributed by atoms with van der Waals surface area (Å²) in [7, 11) is 2.22. The number of hydrogen-bond acceptors (Lipinski definition) is 1. The zero-order valence-corrected chi connectivity index (χ0v) is 9.76. The minimum absolute atomic E-state index is 0.541. The molecule has 0 unspecified atom stereocenters. The average molecular weight is 203 g/mol. The van der Waals surface area contributed by atoms with Gasteiger partial charge in [-0.05, 0) is 62.4 Å². The van der Waals surface area contributed by atoms with Gasteiger partial charge in [-0.1, -0.05) is 25.3 Å². The second-order valence-electron chi connectivity index (χ2n) is 5.12. The van der Waals surface area contributed by atoms with Crippen molar-refractivity contribution in [1.29, 1.82) is 0 Å². The Morgan fingerprint density at radius 3 is 1.93 bits per heavy atom. The molecule has 1 spiro atoms. The number of hydrogen-bond donors (Lipinski definition) is 0. The van der Waals surface area contributed by atoms with Gasteiger partial charge in [0.05, 0.1) is 0 Å². The summed E-state index contributed by atoms with van der Waals surface area (Å²) >= 11 is 0. The number of allylic oxidation sites excluding steroid dienone is 4. The first-order valence-electron chi connectivity index (χ1n) is 5.84. The van der Waals surface area contributed by atoms with Crippen LogP contribution in [0.25, 0.3) is 0 Å². The van der Waals surface area contributed by atoms with Gasteiger partial charge in [0.15, 0.2) is 0 Å². The van der Waals surface area contributed by atoms with Crippen LogP contribution in [0.3, 0.4) is 0 Å². The first-order valence-corrected chi connectivity index (χ1v) is 5.84. The molecule has 1 fully saturated rings. The van der Waals surface area contributed by atoms with Crippen molar-refractivity contribution in [2.45, 2.75) is 25.7 Å². The van der Waals surface area contributed by atoms with Crippen LogP contribution in [-0.2, 0) is 0 Å². The second kappa shape index (κ2) is 3.97. The summed E-state index contributed by atoms with van der Waals surface area (Å²) in [4.78, 5) is 2.44. The molecular formula is C14H21N. The van der Waals surface area contributed by atoms with Gasteiger partial charge in [-0.3, -0.25) is 0 Å². The smallest absolute Gasteiger partial charge is 0.00163 e. The molecule has 1 aliphatic carbocycles. The Bertz CT molecular complexity index is 281. The van der Waals surface area contributed by atoms with Gasteiger partial charge in [0.1, 0.15) is 0 Å². The van der Waals surface area contributed by atoms with Crippen LogP contribution in [-0.4, -0.2) is 25.0 Å². The van der Waals surface area contributed by atoms with Crippen molar-refractivity contribution in [2.75, 3.05) is 20.1 Å². The summed E-state index contributed by atoms with van der Waals surface area (Å²) in [6, 6.07) is 0. The molecule has 1 nitrogen and oxygen atoms in total. The van der Waals surface area contributed by atoms with Crippen molar-refractivity contribution in [2.24, 2.45) is 5.41 Å². The van der Waals surface area contributed by atoms with Crippen LogP contribution in [0.1, 0.15) is 25.7 Å². The molecule has 1 aliphatic heterocycles. The highest BCUT2D eigenvalue weighted by molar-refractivity contribution is 5.38. The third-order valence-corrected chi connectivity index (χ3v) is 4.08. The van der Waals surface area contributed by atoms with Gasteiger partial charge >= 0.3 is 0 Å². The maximum Gasteiger partial charge on any atom is -0.00163 e. The normalized spacial score (nSPS) is 25.9. The third-order valence-electron chi connectivity index (χ3n) is 4.08. The number of piperidine rings is 1. The van der Waals surface area contributed by atoms with Crippen molar-refractivity contribution in [3.05, 3.63) is 36.5 Å². The van der Waals surface area contributed by atoms with E-state index < -0.39 is 0 Å². The van der Waals surface area contributed by atoms with Gasteiger partial charge in [0, 0.05) is 0 Å². The molecule has 1 saturated heterocycles. The standard InChI is InChI=1S/C14H21N/c1-4-12-10-14(11-13(12)5-2)6-8-15(3)9-7-14/h4-5H,1-2,6-11H2,3H3. The Labute approximate surface area is 93.2 Å². The quantitative estimate of drug-likeness (QED) is 0.666. The molecule has 0 atom stereocenters. The Morgan fingerprint density at radius 2 is 1.53 bits per heavy atom. The van der Waals surface area contributed by atoms with Gasteiger partial charge < -0.3 is 4.90 Å². The van der Waals surface area contributed by atoms with Crippen molar-refractivity contribution < 1.29 is 0 Å². The van der Waals surface area contributed by atoms with Crippen molar-refractivity contribution in [1.82, 2.24) is 4.90 Å². The SMILES string of the molecule is C=CC1=C(C=C)CC2(CCN(C)CC2)C1. The van der Waals surface area contributed by atoms with E-state index in [1.165, 1.54) is 49.9 Å². The van der Waals surface area contributed by atoms with E-state index in [-0.39, 0.29) is 0 Å². The molecule has 0 saturated carbocycles. The highest BCUT2D eigenvalue weighted by Gasteiger charge is 2.38. The summed E-state index contributed by atoms with van der Waals surface area (Å²) in [6.07, 6.45) is 9.18. The molecule has 0 amide bonds. The molecule has 0 aromatic rings. The van der Waals surface area contributed by atoms with Crippen molar-refractivity contribution in [3.8, 4) is 0 Å². The zero-order valence-electron chi connectivity index (χ0n) is 9.76. The van der Waals surface area contributed by atoms with E-state index in [0.717, 1.165) is 0 Å². The molecule has 2 rings (SSSR count). The van der Waals surface area contributed by atoms with E-state index in [1.54, 1.807) is 0 Å². The fourth-order valence-electron chi connectivity index (χ4n) is 2.95. The van der Waals surface area contributed by atoms with E-state index in [9.17, 15) is 0 Å². The number of likely N-dealkylation sites (tertiary alicyclic amines) is 1. The molecule has 1 heterocycles. The van der Waals surface area contributed by atoms with Crippen molar-refractivity contribution in [3.63, 3.8) is 0 Å². The molecule has 82 valence electrons. The first-order chi connectivity index (χ1) is 7.19. The van der Waals surface area contributed by atoms with E-state index in [0.29, 0.717) is 5.41 Å². The maximum absolute atomic E-state index is 3.92. The van der Waals surface area contributed by atoms with Gasteiger partial charge in [-0.2, -0.15) is 0 Å².